The van der Waals surface area contributed by atoms with E-state index < -0.39 is 0 Å². The van der Waals surface area contributed by atoms with Crippen LogP contribution in [-0.4, -0.2) is 34.4 Å². The number of ether oxygens (including phenoxy) is 1. The molecule has 16 heavy (non-hydrogen) atoms. The summed E-state index contributed by atoms with van der Waals surface area (Å²) in [4.78, 5) is 2.12. The lowest BCUT2D eigenvalue weighted by Crippen LogP contribution is -2.24. The van der Waals surface area contributed by atoms with Gasteiger partial charge in [-0.05, 0) is 18.7 Å². The molecule has 0 bridgehead atoms. The zero-order valence-electron chi connectivity index (χ0n) is 10.1. The third-order valence-corrected chi connectivity index (χ3v) is 2.76. The molecule has 1 N–H and O–H groups in total. The molecule has 0 atom stereocenters. The summed E-state index contributed by atoms with van der Waals surface area (Å²) in [5.41, 5.74) is 2.28. The van der Waals surface area contributed by atoms with E-state index in [1.54, 1.807) is 7.11 Å². The standard InChI is InChI=1S/C12H19ClN2O/c1-14-9-10-5-4-6-11(13)12(10)15(2)7-8-16-3/h4-6,14H,7-9H2,1-3H3. The van der Waals surface area contributed by atoms with Crippen LogP contribution in [0.2, 0.25) is 5.02 Å². The van der Waals surface area contributed by atoms with E-state index in [9.17, 15) is 0 Å². The maximum atomic E-state index is 6.23. The van der Waals surface area contributed by atoms with Crippen LogP contribution in [0.1, 0.15) is 5.56 Å². The smallest absolute Gasteiger partial charge is 0.0642 e. The Hall–Kier alpha value is -0.770. The minimum Gasteiger partial charge on any atom is -0.383 e. The van der Waals surface area contributed by atoms with Crippen LogP contribution in [0, 0.1) is 0 Å². The quantitative estimate of drug-likeness (QED) is 0.827. The Morgan fingerprint density at radius 1 is 1.44 bits per heavy atom. The van der Waals surface area contributed by atoms with E-state index in [0.717, 1.165) is 23.8 Å². The van der Waals surface area contributed by atoms with Crippen molar-refractivity contribution in [2.45, 2.75) is 6.54 Å². The number of rotatable bonds is 6. The largest absolute Gasteiger partial charge is 0.383 e. The summed E-state index contributed by atoms with van der Waals surface area (Å²) < 4.78 is 5.07. The molecule has 0 aromatic heterocycles. The summed E-state index contributed by atoms with van der Waals surface area (Å²) >= 11 is 6.23. The number of nitrogens with one attached hydrogen (secondary N) is 1. The molecule has 1 rings (SSSR count). The highest BCUT2D eigenvalue weighted by molar-refractivity contribution is 6.33. The molecule has 0 amide bonds. The van der Waals surface area contributed by atoms with E-state index in [4.69, 9.17) is 16.3 Å². The fraction of sp³-hybridized carbons (Fsp3) is 0.500. The number of anilines is 1. The minimum atomic E-state index is 0.695. The molecule has 90 valence electrons. The maximum absolute atomic E-state index is 6.23. The molecule has 0 heterocycles. The Labute approximate surface area is 102 Å². The molecule has 3 nitrogen and oxygen atoms in total. The van der Waals surface area contributed by atoms with Crippen molar-refractivity contribution in [3.63, 3.8) is 0 Å². The van der Waals surface area contributed by atoms with Crippen LogP contribution in [0.25, 0.3) is 0 Å². The van der Waals surface area contributed by atoms with Crippen molar-refractivity contribution in [2.75, 3.05) is 39.3 Å². The highest BCUT2D eigenvalue weighted by Crippen LogP contribution is 2.28. The van der Waals surface area contributed by atoms with Gasteiger partial charge in [0.2, 0.25) is 0 Å². The van der Waals surface area contributed by atoms with Crippen molar-refractivity contribution < 1.29 is 4.74 Å². The molecule has 0 spiro atoms. The summed E-state index contributed by atoms with van der Waals surface area (Å²) in [5.74, 6) is 0. The zero-order valence-corrected chi connectivity index (χ0v) is 10.8. The Bertz CT molecular complexity index is 331. The van der Waals surface area contributed by atoms with E-state index in [1.807, 2.05) is 26.2 Å². The van der Waals surface area contributed by atoms with Crippen molar-refractivity contribution in [1.29, 1.82) is 0 Å². The molecule has 0 radical (unpaired) electrons. The van der Waals surface area contributed by atoms with Gasteiger partial charge in [0, 0.05) is 27.2 Å². The first-order valence-electron chi connectivity index (χ1n) is 5.32. The number of benzene rings is 1. The summed E-state index contributed by atoms with van der Waals surface area (Å²) in [5, 5.41) is 3.93. The van der Waals surface area contributed by atoms with Gasteiger partial charge in [-0.25, -0.2) is 0 Å². The number of hydrogen-bond donors (Lipinski definition) is 1. The van der Waals surface area contributed by atoms with Crippen molar-refractivity contribution in [1.82, 2.24) is 5.32 Å². The number of halogens is 1. The van der Waals surface area contributed by atoms with Gasteiger partial charge in [-0.3, -0.25) is 0 Å². The SMILES string of the molecule is CNCc1cccc(Cl)c1N(C)CCOC. The first-order chi connectivity index (χ1) is 7.70. The number of hydrogen-bond acceptors (Lipinski definition) is 3. The van der Waals surface area contributed by atoms with Gasteiger partial charge < -0.3 is 15.0 Å². The number of para-hydroxylation sites is 1. The second kappa shape index (κ2) is 6.74. The van der Waals surface area contributed by atoms with Gasteiger partial charge in [0.05, 0.1) is 17.3 Å². The molecule has 0 unspecified atom stereocenters. The third kappa shape index (κ3) is 3.37. The molecule has 0 aliphatic heterocycles. The number of likely N-dealkylation sites (N-methyl/N-ethyl adjacent to an activating group) is 1. The molecule has 0 saturated carbocycles. The molecule has 0 fully saturated rings. The van der Waals surface area contributed by atoms with Gasteiger partial charge in [0.15, 0.2) is 0 Å². The van der Waals surface area contributed by atoms with Crippen LogP contribution < -0.4 is 10.2 Å². The fourth-order valence-corrected chi connectivity index (χ4v) is 2.00. The number of nitrogens with zero attached hydrogens (tertiary/aromatic N) is 1. The summed E-state index contributed by atoms with van der Waals surface area (Å²) in [6.45, 7) is 2.34. The molecular formula is C12H19ClN2O. The highest BCUT2D eigenvalue weighted by atomic mass is 35.5. The topological polar surface area (TPSA) is 24.5 Å². The zero-order chi connectivity index (χ0) is 12.0. The average molecular weight is 243 g/mol. The normalized spacial score (nSPS) is 10.5. The lowest BCUT2D eigenvalue weighted by Gasteiger charge is -2.23. The van der Waals surface area contributed by atoms with Crippen molar-refractivity contribution >= 4 is 17.3 Å². The molecule has 0 aliphatic rings. The van der Waals surface area contributed by atoms with Gasteiger partial charge in [-0.1, -0.05) is 23.7 Å². The summed E-state index contributed by atoms with van der Waals surface area (Å²) in [6, 6.07) is 5.98. The van der Waals surface area contributed by atoms with Gasteiger partial charge in [-0.2, -0.15) is 0 Å². The van der Waals surface area contributed by atoms with E-state index in [-0.39, 0.29) is 0 Å². The summed E-state index contributed by atoms with van der Waals surface area (Å²) in [6.07, 6.45) is 0. The van der Waals surface area contributed by atoms with Gasteiger partial charge in [-0.15, -0.1) is 0 Å². The van der Waals surface area contributed by atoms with Gasteiger partial charge in [0.25, 0.3) is 0 Å². The molecule has 4 heteroatoms. The van der Waals surface area contributed by atoms with E-state index in [2.05, 4.69) is 16.3 Å². The van der Waals surface area contributed by atoms with Gasteiger partial charge >= 0.3 is 0 Å². The van der Waals surface area contributed by atoms with Crippen LogP contribution in [-0.2, 0) is 11.3 Å². The molecule has 1 aromatic carbocycles. The van der Waals surface area contributed by atoms with Crippen LogP contribution in [0.4, 0.5) is 5.69 Å². The van der Waals surface area contributed by atoms with E-state index in [1.165, 1.54) is 5.56 Å². The van der Waals surface area contributed by atoms with E-state index in [0.29, 0.717) is 6.61 Å². The highest BCUT2D eigenvalue weighted by Gasteiger charge is 2.10. The minimum absolute atomic E-state index is 0.695. The fourth-order valence-electron chi connectivity index (χ4n) is 1.66. The first-order valence-corrected chi connectivity index (χ1v) is 5.70. The molecule has 0 saturated heterocycles. The summed E-state index contributed by atoms with van der Waals surface area (Å²) in [7, 11) is 5.66. The lowest BCUT2D eigenvalue weighted by atomic mass is 10.1. The Morgan fingerprint density at radius 3 is 2.81 bits per heavy atom. The molecule has 0 aliphatic carbocycles. The van der Waals surface area contributed by atoms with Crippen LogP contribution >= 0.6 is 11.6 Å². The van der Waals surface area contributed by atoms with Crippen molar-refractivity contribution in [3.8, 4) is 0 Å². The Balaban J connectivity index is 2.90. The second-order valence-electron chi connectivity index (χ2n) is 3.69. The predicted molar refractivity (Wildman–Crippen MR) is 69.4 cm³/mol. The molecule has 1 aromatic rings. The van der Waals surface area contributed by atoms with Crippen LogP contribution in [0.15, 0.2) is 18.2 Å². The Morgan fingerprint density at radius 2 is 2.19 bits per heavy atom. The maximum Gasteiger partial charge on any atom is 0.0642 e. The van der Waals surface area contributed by atoms with Crippen LogP contribution in [0.5, 0.6) is 0 Å². The predicted octanol–water partition coefficient (Wildman–Crippen LogP) is 2.14. The monoisotopic (exact) mass is 242 g/mol. The lowest BCUT2D eigenvalue weighted by molar-refractivity contribution is 0.206. The first kappa shape index (κ1) is 13.3. The molecular weight excluding hydrogens is 224 g/mol. The van der Waals surface area contributed by atoms with E-state index >= 15 is 0 Å². The number of methoxy groups -OCH3 is 1. The van der Waals surface area contributed by atoms with Crippen molar-refractivity contribution in [3.05, 3.63) is 28.8 Å². The van der Waals surface area contributed by atoms with Crippen molar-refractivity contribution in [2.24, 2.45) is 0 Å². The second-order valence-corrected chi connectivity index (χ2v) is 4.10. The third-order valence-electron chi connectivity index (χ3n) is 2.45. The van der Waals surface area contributed by atoms with Crippen LogP contribution in [0.3, 0.4) is 0 Å². The van der Waals surface area contributed by atoms with Gasteiger partial charge in [0.1, 0.15) is 0 Å². The average Bonchev–Trinajstić information content (AvgIpc) is 2.26. The Kier molecular flexibility index (Phi) is 5.60.